The summed E-state index contributed by atoms with van der Waals surface area (Å²) in [5.74, 6) is -0.261. The Morgan fingerprint density at radius 2 is 1.83 bits per heavy atom. The molecular formula is C14H20N2O2. The molecule has 0 spiro atoms. The number of aliphatic hydroxyl groups is 1. The summed E-state index contributed by atoms with van der Waals surface area (Å²) in [4.78, 5) is 12.2. The summed E-state index contributed by atoms with van der Waals surface area (Å²) in [7, 11) is 1.74. The fourth-order valence-corrected chi connectivity index (χ4v) is 2.27. The maximum Gasteiger partial charge on any atom is 0.270 e. The molecule has 1 atom stereocenters. The minimum atomic E-state index is -1.07. The van der Waals surface area contributed by atoms with Crippen LogP contribution in [0.5, 0.6) is 0 Å². The SMILES string of the molecule is CN(C(=O)[C@H](O)c1ccccc1)N1CCCCC1. The molecular weight excluding hydrogens is 228 g/mol. The number of hydrazine groups is 1. The zero-order valence-corrected chi connectivity index (χ0v) is 10.7. The van der Waals surface area contributed by atoms with Gasteiger partial charge in [-0.15, -0.1) is 0 Å². The summed E-state index contributed by atoms with van der Waals surface area (Å²) >= 11 is 0. The number of carbonyl (C=O) groups excluding carboxylic acids is 1. The Morgan fingerprint density at radius 1 is 1.22 bits per heavy atom. The van der Waals surface area contributed by atoms with E-state index in [1.807, 2.05) is 23.2 Å². The van der Waals surface area contributed by atoms with Crippen LogP contribution in [0.1, 0.15) is 30.9 Å². The Bertz CT molecular complexity index is 388. The van der Waals surface area contributed by atoms with E-state index < -0.39 is 6.10 Å². The molecule has 0 saturated carbocycles. The van der Waals surface area contributed by atoms with Gasteiger partial charge in [-0.05, 0) is 18.4 Å². The summed E-state index contributed by atoms with van der Waals surface area (Å²) in [6, 6.07) is 9.06. The Kier molecular flexibility index (Phi) is 4.33. The number of aliphatic hydroxyl groups excluding tert-OH is 1. The van der Waals surface area contributed by atoms with Crippen molar-refractivity contribution in [2.75, 3.05) is 20.1 Å². The van der Waals surface area contributed by atoms with Gasteiger partial charge >= 0.3 is 0 Å². The van der Waals surface area contributed by atoms with Crippen LogP contribution in [-0.2, 0) is 4.79 Å². The van der Waals surface area contributed by atoms with E-state index in [9.17, 15) is 9.90 Å². The molecule has 1 N–H and O–H groups in total. The third-order valence-electron chi connectivity index (χ3n) is 3.42. The molecule has 1 saturated heterocycles. The summed E-state index contributed by atoms with van der Waals surface area (Å²) < 4.78 is 0. The van der Waals surface area contributed by atoms with Crippen molar-refractivity contribution in [3.8, 4) is 0 Å². The first-order valence-corrected chi connectivity index (χ1v) is 6.45. The van der Waals surface area contributed by atoms with Crippen molar-refractivity contribution in [2.45, 2.75) is 25.4 Å². The van der Waals surface area contributed by atoms with Gasteiger partial charge in [0.2, 0.25) is 0 Å². The van der Waals surface area contributed by atoms with Crippen LogP contribution in [0.25, 0.3) is 0 Å². The lowest BCUT2D eigenvalue weighted by atomic mass is 10.1. The smallest absolute Gasteiger partial charge is 0.270 e. The molecule has 0 unspecified atom stereocenters. The van der Waals surface area contributed by atoms with E-state index in [1.165, 1.54) is 6.42 Å². The highest BCUT2D eigenvalue weighted by Crippen LogP contribution is 2.17. The second-order valence-electron chi connectivity index (χ2n) is 4.69. The van der Waals surface area contributed by atoms with Crippen molar-refractivity contribution in [1.29, 1.82) is 0 Å². The van der Waals surface area contributed by atoms with E-state index in [1.54, 1.807) is 24.2 Å². The Balaban J connectivity index is 2.01. The van der Waals surface area contributed by atoms with Gasteiger partial charge in [0.05, 0.1) is 0 Å². The third-order valence-corrected chi connectivity index (χ3v) is 3.42. The average molecular weight is 248 g/mol. The quantitative estimate of drug-likeness (QED) is 0.883. The number of benzene rings is 1. The standard InChI is InChI=1S/C14H20N2O2/c1-15(16-10-6-3-7-11-16)14(18)13(17)12-8-4-2-5-9-12/h2,4-5,8-9,13,17H,3,6-7,10-11H2,1H3/t13-/m1/s1. The number of carbonyl (C=O) groups is 1. The van der Waals surface area contributed by atoms with E-state index in [4.69, 9.17) is 0 Å². The highest BCUT2D eigenvalue weighted by atomic mass is 16.3. The first-order chi connectivity index (χ1) is 8.70. The van der Waals surface area contributed by atoms with Gasteiger partial charge in [0.1, 0.15) is 0 Å². The highest BCUT2D eigenvalue weighted by molar-refractivity contribution is 5.81. The molecule has 1 amide bonds. The third kappa shape index (κ3) is 2.89. The monoisotopic (exact) mass is 248 g/mol. The zero-order valence-electron chi connectivity index (χ0n) is 10.7. The van der Waals surface area contributed by atoms with Crippen LogP contribution in [0.3, 0.4) is 0 Å². The second kappa shape index (κ2) is 5.98. The number of nitrogens with zero attached hydrogens (tertiary/aromatic N) is 2. The van der Waals surface area contributed by atoms with E-state index >= 15 is 0 Å². The lowest BCUT2D eigenvalue weighted by molar-refractivity contribution is -0.157. The van der Waals surface area contributed by atoms with E-state index in [2.05, 4.69) is 0 Å². The van der Waals surface area contributed by atoms with Gasteiger partial charge in [-0.1, -0.05) is 36.8 Å². The molecule has 1 aromatic rings. The number of piperidine rings is 1. The molecule has 1 aromatic carbocycles. The maximum absolute atomic E-state index is 12.2. The summed E-state index contributed by atoms with van der Waals surface area (Å²) in [5, 5.41) is 13.7. The zero-order chi connectivity index (χ0) is 13.0. The minimum Gasteiger partial charge on any atom is -0.378 e. The lowest BCUT2D eigenvalue weighted by Crippen LogP contribution is -2.48. The summed E-state index contributed by atoms with van der Waals surface area (Å²) in [6.07, 6.45) is 2.37. The fraction of sp³-hybridized carbons (Fsp3) is 0.500. The molecule has 1 fully saturated rings. The van der Waals surface area contributed by atoms with E-state index in [-0.39, 0.29) is 5.91 Å². The van der Waals surface area contributed by atoms with Gasteiger partial charge < -0.3 is 5.11 Å². The number of likely N-dealkylation sites (N-methyl/N-ethyl adjacent to an activating group) is 1. The first-order valence-electron chi connectivity index (χ1n) is 6.45. The number of hydrogen-bond donors (Lipinski definition) is 1. The van der Waals surface area contributed by atoms with Gasteiger partial charge in [0.15, 0.2) is 6.10 Å². The van der Waals surface area contributed by atoms with E-state index in [0.29, 0.717) is 5.56 Å². The van der Waals surface area contributed by atoms with Gasteiger partial charge in [-0.3, -0.25) is 9.80 Å². The van der Waals surface area contributed by atoms with Crippen LogP contribution in [0, 0.1) is 0 Å². The molecule has 4 nitrogen and oxygen atoms in total. The molecule has 0 bridgehead atoms. The molecule has 0 radical (unpaired) electrons. The Morgan fingerprint density at radius 3 is 2.44 bits per heavy atom. The fourth-order valence-electron chi connectivity index (χ4n) is 2.27. The van der Waals surface area contributed by atoms with Gasteiger partial charge in [-0.2, -0.15) is 0 Å². The number of amides is 1. The maximum atomic E-state index is 12.2. The largest absolute Gasteiger partial charge is 0.378 e. The summed E-state index contributed by atoms with van der Waals surface area (Å²) in [5.41, 5.74) is 0.645. The molecule has 18 heavy (non-hydrogen) atoms. The normalized spacial score (nSPS) is 18.3. The van der Waals surface area contributed by atoms with Crippen LogP contribution in [0.15, 0.2) is 30.3 Å². The van der Waals surface area contributed by atoms with Crippen LogP contribution in [0.2, 0.25) is 0 Å². The molecule has 98 valence electrons. The highest BCUT2D eigenvalue weighted by Gasteiger charge is 2.25. The van der Waals surface area contributed by atoms with Gasteiger partial charge in [0.25, 0.3) is 5.91 Å². The van der Waals surface area contributed by atoms with E-state index in [0.717, 1.165) is 25.9 Å². The first kappa shape index (κ1) is 13.1. The summed E-state index contributed by atoms with van der Waals surface area (Å²) in [6.45, 7) is 1.79. The molecule has 1 aliphatic rings. The predicted octanol–water partition coefficient (Wildman–Crippen LogP) is 1.58. The Hall–Kier alpha value is -1.39. The number of hydrogen-bond acceptors (Lipinski definition) is 3. The topological polar surface area (TPSA) is 43.8 Å². The van der Waals surface area contributed by atoms with Crippen LogP contribution in [0.4, 0.5) is 0 Å². The van der Waals surface area contributed by atoms with Crippen LogP contribution in [-0.4, -0.2) is 41.2 Å². The molecule has 1 heterocycles. The van der Waals surface area contributed by atoms with Gasteiger partial charge in [-0.25, -0.2) is 5.01 Å². The minimum absolute atomic E-state index is 0.261. The van der Waals surface area contributed by atoms with Crippen molar-refractivity contribution in [3.05, 3.63) is 35.9 Å². The lowest BCUT2D eigenvalue weighted by Gasteiger charge is -2.35. The molecule has 0 aromatic heterocycles. The second-order valence-corrected chi connectivity index (χ2v) is 4.69. The molecule has 4 heteroatoms. The van der Waals surface area contributed by atoms with Gasteiger partial charge in [0, 0.05) is 20.1 Å². The van der Waals surface area contributed by atoms with Crippen LogP contribution >= 0.6 is 0 Å². The molecule has 0 aliphatic carbocycles. The van der Waals surface area contributed by atoms with Crippen molar-refractivity contribution < 1.29 is 9.90 Å². The van der Waals surface area contributed by atoms with Crippen molar-refractivity contribution >= 4 is 5.91 Å². The van der Waals surface area contributed by atoms with Crippen molar-refractivity contribution in [2.24, 2.45) is 0 Å². The Labute approximate surface area is 108 Å². The number of rotatable bonds is 3. The van der Waals surface area contributed by atoms with Crippen LogP contribution < -0.4 is 0 Å². The van der Waals surface area contributed by atoms with Crippen molar-refractivity contribution in [1.82, 2.24) is 10.0 Å². The predicted molar refractivity (Wildman–Crippen MR) is 69.6 cm³/mol. The average Bonchev–Trinajstić information content (AvgIpc) is 2.47. The molecule has 2 rings (SSSR count). The molecule has 1 aliphatic heterocycles. The van der Waals surface area contributed by atoms with Crippen molar-refractivity contribution in [3.63, 3.8) is 0 Å².